The Bertz CT molecular complexity index is 1480. The molecule has 0 spiro atoms. The third-order valence-electron chi connectivity index (χ3n) is 8.53. The van der Waals surface area contributed by atoms with Crippen LogP contribution in [0.5, 0.6) is 0 Å². The monoisotopic (exact) mass is 529 g/mol. The molecule has 196 valence electrons. The Hall–Kier alpha value is -2.85. The van der Waals surface area contributed by atoms with Gasteiger partial charge in [-0.1, -0.05) is 30.3 Å². The molecule has 2 aromatic carbocycles. The molecule has 3 aromatic rings. The molecule has 1 N–H and O–H groups in total. The fraction of sp³-hybridized carbons (Fsp3) is 0.481. The number of hydrogen-bond donors (Lipinski definition) is 1. The van der Waals surface area contributed by atoms with Gasteiger partial charge < -0.3 is 4.42 Å². The van der Waals surface area contributed by atoms with Gasteiger partial charge in [-0.2, -0.15) is 4.31 Å². The van der Waals surface area contributed by atoms with E-state index in [0.717, 1.165) is 25.0 Å². The van der Waals surface area contributed by atoms with E-state index in [1.165, 1.54) is 4.31 Å². The molecular weight excluding hydrogens is 500 g/mol. The van der Waals surface area contributed by atoms with E-state index in [0.29, 0.717) is 43.1 Å². The second-order valence-electron chi connectivity index (χ2n) is 10.8. The van der Waals surface area contributed by atoms with Crippen molar-refractivity contribution >= 4 is 10.0 Å². The predicted molar refractivity (Wildman–Crippen MR) is 132 cm³/mol. The molecule has 0 bridgehead atoms. The molecule has 3 aliphatic rings. The van der Waals surface area contributed by atoms with E-state index in [4.69, 9.17) is 4.42 Å². The fourth-order valence-corrected chi connectivity index (χ4v) is 8.46. The normalized spacial score (nSPS) is 29.6. The van der Waals surface area contributed by atoms with Crippen LogP contribution in [0, 0.1) is 23.5 Å². The van der Waals surface area contributed by atoms with Gasteiger partial charge in [0.2, 0.25) is 15.9 Å². The minimum atomic E-state index is -3.80. The Morgan fingerprint density at radius 3 is 2.43 bits per heavy atom. The summed E-state index contributed by atoms with van der Waals surface area (Å²) in [5.41, 5.74) is -0.252. The minimum absolute atomic E-state index is 0.0258. The standard InChI is InChI=1S/C27H29F2N3O4S/c1-16-7-10-24(18-5-3-2-4-6-18)37(34,35)32(16)15-19-11-23(29)21(12-22(19)28)27(25-30-31-26(33)36-25)13-20(14-27)17-8-9-17/h2-6,11-12,16-17,20,24H,7-10,13-15H2,1H3,(H,31,33)/t16-,20-,24+,27+/m0/s1. The molecule has 2 aliphatic carbocycles. The van der Waals surface area contributed by atoms with Crippen molar-refractivity contribution in [3.63, 3.8) is 0 Å². The van der Waals surface area contributed by atoms with E-state index in [1.807, 2.05) is 6.07 Å². The summed E-state index contributed by atoms with van der Waals surface area (Å²) < 4.78 is 64.9. The number of aromatic nitrogens is 2. The number of sulfonamides is 1. The lowest BCUT2D eigenvalue weighted by Gasteiger charge is -2.46. The Morgan fingerprint density at radius 2 is 1.78 bits per heavy atom. The SMILES string of the molecule is C[C@H]1CC[C@H](c2ccccc2)S(=O)(=O)N1Cc1cc(F)c([C@]2(c3n[nH]c(=O)o3)C[C@@H](C3CC3)C2)cc1F. The average Bonchev–Trinajstić information content (AvgIpc) is 3.58. The van der Waals surface area contributed by atoms with Crippen LogP contribution < -0.4 is 5.76 Å². The lowest BCUT2D eigenvalue weighted by molar-refractivity contribution is 0.123. The van der Waals surface area contributed by atoms with Crippen molar-refractivity contribution in [1.82, 2.24) is 14.5 Å². The lowest BCUT2D eigenvalue weighted by Crippen LogP contribution is -2.45. The number of benzene rings is 2. The highest BCUT2D eigenvalue weighted by Gasteiger charge is 2.56. The van der Waals surface area contributed by atoms with Gasteiger partial charge in [0.15, 0.2) is 0 Å². The van der Waals surface area contributed by atoms with Crippen LogP contribution in [0.3, 0.4) is 0 Å². The van der Waals surface area contributed by atoms with Gasteiger partial charge in [0, 0.05) is 23.7 Å². The molecule has 1 aromatic heterocycles. The summed E-state index contributed by atoms with van der Waals surface area (Å²) in [6.45, 7) is 1.54. The van der Waals surface area contributed by atoms with Gasteiger partial charge in [-0.15, -0.1) is 5.10 Å². The third kappa shape index (κ3) is 4.14. The van der Waals surface area contributed by atoms with Crippen LogP contribution in [0.4, 0.5) is 8.78 Å². The molecule has 10 heteroatoms. The topological polar surface area (TPSA) is 96.3 Å². The first-order chi connectivity index (χ1) is 17.7. The Kier molecular flexibility index (Phi) is 5.87. The number of halogens is 2. The smallest absolute Gasteiger partial charge is 0.392 e. The highest BCUT2D eigenvalue weighted by Crippen LogP contribution is 2.59. The van der Waals surface area contributed by atoms with Crippen molar-refractivity contribution in [1.29, 1.82) is 0 Å². The summed E-state index contributed by atoms with van der Waals surface area (Å²) in [6, 6.07) is 10.9. The number of rotatable bonds is 6. The van der Waals surface area contributed by atoms with E-state index in [1.54, 1.807) is 31.2 Å². The van der Waals surface area contributed by atoms with Crippen molar-refractivity contribution in [2.24, 2.45) is 11.8 Å². The summed E-state index contributed by atoms with van der Waals surface area (Å²) >= 11 is 0. The maximum absolute atomic E-state index is 15.7. The van der Waals surface area contributed by atoms with Crippen molar-refractivity contribution < 1.29 is 21.6 Å². The first-order valence-electron chi connectivity index (χ1n) is 12.8. The molecule has 0 unspecified atom stereocenters. The quantitative estimate of drug-likeness (QED) is 0.495. The van der Waals surface area contributed by atoms with Crippen LogP contribution in [-0.4, -0.2) is 29.0 Å². The van der Waals surface area contributed by atoms with Crippen LogP contribution in [0.15, 0.2) is 51.7 Å². The molecule has 2 saturated carbocycles. The molecule has 0 amide bonds. The van der Waals surface area contributed by atoms with Crippen molar-refractivity contribution in [2.45, 2.75) is 68.7 Å². The molecule has 1 aliphatic heterocycles. The molecule has 7 nitrogen and oxygen atoms in total. The van der Waals surface area contributed by atoms with Gasteiger partial charge in [-0.05, 0) is 75.0 Å². The van der Waals surface area contributed by atoms with E-state index in [-0.39, 0.29) is 29.6 Å². The fourth-order valence-electron chi connectivity index (χ4n) is 6.28. The van der Waals surface area contributed by atoms with Crippen LogP contribution in [-0.2, 0) is 22.0 Å². The molecule has 3 fully saturated rings. The lowest BCUT2D eigenvalue weighted by atomic mass is 9.57. The zero-order valence-corrected chi connectivity index (χ0v) is 21.3. The number of H-pyrrole nitrogens is 1. The zero-order chi connectivity index (χ0) is 25.9. The van der Waals surface area contributed by atoms with E-state index < -0.39 is 38.1 Å². The molecular formula is C27H29F2N3O4S. The van der Waals surface area contributed by atoms with E-state index >= 15 is 8.78 Å². The first kappa shape index (κ1) is 24.5. The summed E-state index contributed by atoms with van der Waals surface area (Å²) in [7, 11) is -3.80. The highest BCUT2D eigenvalue weighted by molar-refractivity contribution is 7.89. The molecule has 6 rings (SSSR count). The Labute approximate surface area is 213 Å². The van der Waals surface area contributed by atoms with Crippen molar-refractivity contribution in [3.8, 4) is 0 Å². The first-order valence-corrected chi connectivity index (χ1v) is 14.3. The summed E-state index contributed by atoms with van der Waals surface area (Å²) in [6.07, 6.45) is 4.38. The van der Waals surface area contributed by atoms with Crippen molar-refractivity contribution in [2.75, 3.05) is 0 Å². The summed E-state index contributed by atoms with van der Waals surface area (Å²) in [5.74, 6) is -1.10. The third-order valence-corrected chi connectivity index (χ3v) is 10.9. The van der Waals surface area contributed by atoms with Gasteiger partial charge >= 0.3 is 5.76 Å². The highest BCUT2D eigenvalue weighted by atomic mass is 32.2. The van der Waals surface area contributed by atoms with Gasteiger partial charge in [0.25, 0.3) is 0 Å². The van der Waals surface area contributed by atoms with Crippen LogP contribution >= 0.6 is 0 Å². The van der Waals surface area contributed by atoms with E-state index in [9.17, 15) is 13.2 Å². The average molecular weight is 530 g/mol. The van der Waals surface area contributed by atoms with Crippen molar-refractivity contribution in [3.05, 3.63) is 87.2 Å². The van der Waals surface area contributed by atoms with Gasteiger partial charge in [0.05, 0.1) is 5.41 Å². The second-order valence-corrected chi connectivity index (χ2v) is 12.9. The zero-order valence-electron chi connectivity index (χ0n) is 20.5. The molecule has 1 saturated heterocycles. The van der Waals surface area contributed by atoms with Gasteiger partial charge in [-0.25, -0.2) is 27.1 Å². The number of nitrogens with one attached hydrogen (secondary N) is 1. The van der Waals surface area contributed by atoms with Gasteiger partial charge in [-0.3, -0.25) is 0 Å². The maximum Gasteiger partial charge on any atom is 0.434 e. The van der Waals surface area contributed by atoms with E-state index in [2.05, 4.69) is 10.2 Å². The maximum atomic E-state index is 15.7. The predicted octanol–water partition coefficient (Wildman–Crippen LogP) is 4.80. The number of aromatic amines is 1. The molecule has 0 radical (unpaired) electrons. The number of hydrogen-bond acceptors (Lipinski definition) is 5. The molecule has 2 heterocycles. The largest absolute Gasteiger partial charge is 0.434 e. The summed E-state index contributed by atoms with van der Waals surface area (Å²) in [5, 5.41) is 5.49. The Balaban J connectivity index is 1.32. The van der Waals surface area contributed by atoms with Gasteiger partial charge in [0.1, 0.15) is 16.9 Å². The number of nitrogens with zero attached hydrogens (tertiary/aromatic N) is 2. The second kappa shape index (κ2) is 8.87. The molecule has 2 atom stereocenters. The Morgan fingerprint density at radius 1 is 1.05 bits per heavy atom. The van der Waals surface area contributed by atoms with Crippen LogP contribution in [0.25, 0.3) is 0 Å². The molecule has 37 heavy (non-hydrogen) atoms. The van der Waals surface area contributed by atoms with Crippen LogP contribution in [0.2, 0.25) is 0 Å². The van der Waals surface area contributed by atoms with Crippen LogP contribution in [0.1, 0.15) is 73.3 Å². The minimum Gasteiger partial charge on any atom is -0.392 e. The summed E-state index contributed by atoms with van der Waals surface area (Å²) in [4.78, 5) is 11.7.